The van der Waals surface area contributed by atoms with Gasteiger partial charge in [0.05, 0.1) is 0 Å². The molecule has 1 aliphatic rings. The van der Waals surface area contributed by atoms with Gasteiger partial charge in [-0.1, -0.05) is 140 Å². The van der Waals surface area contributed by atoms with Crippen LogP contribution in [-0.2, 0) is 0 Å². The summed E-state index contributed by atoms with van der Waals surface area (Å²) in [5.41, 5.74) is 10.5. The first kappa shape index (κ1) is 21.7. The molecule has 0 saturated carbocycles. The Labute approximate surface area is 232 Å². The third-order valence-electron chi connectivity index (χ3n) is 8.79. The van der Waals surface area contributed by atoms with Crippen LogP contribution in [-0.4, -0.2) is 0 Å². The molecule has 184 valence electrons. The largest absolute Gasteiger partial charge is 0.0616 e. The maximum atomic E-state index is 2.44. The van der Waals surface area contributed by atoms with Crippen molar-refractivity contribution in [3.63, 3.8) is 0 Å². The first-order valence-electron chi connectivity index (χ1n) is 14.0. The van der Waals surface area contributed by atoms with E-state index in [1.807, 2.05) is 0 Å². The van der Waals surface area contributed by atoms with Crippen molar-refractivity contribution in [3.8, 4) is 44.5 Å². The van der Waals surface area contributed by atoms with E-state index in [9.17, 15) is 0 Å². The lowest BCUT2D eigenvalue weighted by Gasteiger charge is -2.20. The van der Waals surface area contributed by atoms with Crippen LogP contribution in [0.1, 0.15) is 0 Å². The molecule has 1 aliphatic carbocycles. The van der Waals surface area contributed by atoms with Crippen LogP contribution in [0.15, 0.2) is 146 Å². The number of benzene rings is 8. The van der Waals surface area contributed by atoms with Gasteiger partial charge in [-0.25, -0.2) is 0 Å². The van der Waals surface area contributed by atoms with E-state index in [1.165, 1.54) is 87.6 Å². The van der Waals surface area contributed by atoms with Crippen molar-refractivity contribution in [1.29, 1.82) is 0 Å². The molecule has 0 N–H and O–H groups in total. The van der Waals surface area contributed by atoms with E-state index in [0.717, 1.165) is 0 Å². The van der Waals surface area contributed by atoms with Crippen molar-refractivity contribution in [3.05, 3.63) is 146 Å². The van der Waals surface area contributed by atoms with Crippen LogP contribution < -0.4 is 0 Å². The summed E-state index contributed by atoms with van der Waals surface area (Å²) in [6, 6.07) is 53.8. The van der Waals surface area contributed by atoms with Gasteiger partial charge in [-0.2, -0.15) is 0 Å². The minimum atomic E-state index is 1.26. The second-order valence-electron chi connectivity index (χ2n) is 10.8. The lowest BCUT2D eigenvalue weighted by atomic mass is 9.83. The molecule has 8 aromatic rings. The van der Waals surface area contributed by atoms with Crippen molar-refractivity contribution >= 4 is 43.1 Å². The molecule has 40 heavy (non-hydrogen) atoms. The van der Waals surface area contributed by atoms with Gasteiger partial charge in [-0.05, 0) is 93.7 Å². The van der Waals surface area contributed by atoms with Crippen molar-refractivity contribution in [2.24, 2.45) is 0 Å². The van der Waals surface area contributed by atoms with Crippen LogP contribution in [0.25, 0.3) is 87.6 Å². The highest BCUT2D eigenvalue weighted by Crippen LogP contribution is 2.55. The molecule has 9 rings (SSSR count). The third-order valence-corrected chi connectivity index (χ3v) is 8.79. The van der Waals surface area contributed by atoms with E-state index >= 15 is 0 Å². The first-order chi connectivity index (χ1) is 19.9. The quantitative estimate of drug-likeness (QED) is 0.205. The van der Waals surface area contributed by atoms with Crippen LogP contribution in [0.5, 0.6) is 0 Å². The number of hydrogen-bond acceptors (Lipinski definition) is 0. The van der Waals surface area contributed by atoms with Crippen molar-refractivity contribution in [1.82, 2.24) is 0 Å². The Kier molecular flexibility index (Phi) is 4.42. The Hall–Kier alpha value is -5.20. The van der Waals surface area contributed by atoms with Gasteiger partial charge in [0.1, 0.15) is 0 Å². The molecular weight excluding hydrogens is 480 g/mol. The molecule has 0 saturated heterocycles. The Morgan fingerprint density at radius 2 is 0.825 bits per heavy atom. The zero-order chi connectivity index (χ0) is 26.2. The molecule has 0 aliphatic heterocycles. The van der Waals surface area contributed by atoms with Crippen LogP contribution >= 0.6 is 0 Å². The monoisotopic (exact) mass is 504 g/mol. The molecule has 0 bridgehead atoms. The molecule has 0 amide bonds. The van der Waals surface area contributed by atoms with Gasteiger partial charge in [0.25, 0.3) is 0 Å². The van der Waals surface area contributed by atoms with E-state index in [-0.39, 0.29) is 0 Å². The fourth-order valence-corrected chi connectivity index (χ4v) is 7.10. The Morgan fingerprint density at radius 3 is 1.70 bits per heavy atom. The van der Waals surface area contributed by atoms with E-state index in [0.29, 0.717) is 0 Å². The predicted molar refractivity (Wildman–Crippen MR) is 172 cm³/mol. The zero-order valence-corrected chi connectivity index (χ0v) is 21.9. The second-order valence-corrected chi connectivity index (χ2v) is 10.8. The van der Waals surface area contributed by atoms with Crippen LogP contribution in [0.3, 0.4) is 0 Å². The van der Waals surface area contributed by atoms with E-state index in [4.69, 9.17) is 0 Å². The highest BCUT2D eigenvalue weighted by atomic mass is 14.3. The molecule has 0 aromatic heterocycles. The molecule has 0 heteroatoms. The van der Waals surface area contributed by atoms with Gasteiger partial charge >= 0.3 is 0 Å². The molecular formula is C40H24. The molecule has 0 atom stereocenters. The highest BCUT2D eigenvalue weighted by molar-refractivity contribution is 6.25. The van der Waals surface area contributed by atoms with Gasteiger partial charge in [0, 0.05) is 0 Å². The minimum Gasteiger partial charge on any atom is -0.0616 e. The summed E-state index contributed by atoms with van der Waals surface area (Å²) < 4.78 is 0. The smallest absolute Gasteiger partial charge is 0.000785 e. The molecule has 0 nitrogen and oxygen atoms in total. The Bertz CT molecular complexity index is 2310. The van der Waals surface area contributed by atoms with Crippen LogP contribution in [0.2, 0.25) is 0 Å². The summed E-state index contributed by atoms with van der Waals surface area (Å²) in [4.78, 5) is 0. The van der Waals surface area contributed by atoms with Crippen molar-refractivity contribution in [2.75, 3.05) is 0 Å². The Morgan fingerprint density at radius 1 is 0.250 bits per heavy atom. The van der Waals surface area contributed by atoms with Gasteiger partial charge in [-0.3, -0.25) is 0 Å². The van der Waals surface area contributed by atoms with E-state index < -0.39 is 0 Å². The maximum absolute atomic E-state index is 2.44. The highest BCUT2D eigenvalue weighted by Gasteiger charge is 2.28. The number of hydrogen-bond donors (Lipinski definition) is 0. The van der Waals surface area contributed by atoms with E-state index in [1.54, 1.807) is 0 Å². The zero-order valence-electron chi connectivity index (χ0n) is 21.9. The van der Waals surface area contributed by atoms with Gasteiger partial charge in [0.15, 0.2) is 0 Å². The number of fused-ring (bicyclic) bond motifs is 7. The fourth-order valence-electron chi connectivity index (χ4n) is 7.10. The number of rotatable bonds is 2. The SMILES string of the molecule is c1ccc2c(c1)-c1cccc3cc(-c4cccc5ccccc45)c(-c4cccc5c4ccc4ccccc45)c-2c13. The normalized spacial score (nSPS) is 12.0. The van der Waals surface area contributed by atoms with Crippen LogP contribution in [0, 0.1) is 0 Å². The van der Waals surface area contributed by atoms with Crippen LogP contribution in [0.4, 0.5) is 0 Å². The topological polar surface area (TPSA) is 0 Å². The van der Waals surface area contributed by atoms with Gasteiger partial charge in [-0.15, -0.1) is 0 Å². The first-order valence-corrected chi connectivity index (χ1v) is 14.0. The van der Waals surface area contributed by atoms with Crippen molar-refractivity contribution in [2.45, 2.75) is 0 Å². The van der Waals surface area contributed by atoms with Gasteiger partial charge < -0.3 is 0 Å². The molecule has 8 aromatic carbocycles. The average molecular weight is 505 g/mol. The summed E-state index contributed by atoms with van der Waals surface area (Å²) in [6.45, 7) is 0. The molecule has 0 heterocycles. The summed E-state index contributed by atoms with van der Waals surface area (Å²) in [7, 11) is 0. The summed E-state index contributed by atoms with van der Waals surface area (Å²) >= 11 is 0. The molecule has 0 spiro atoms. The third kappa shape index (κ3) is 2.91. The van der Waals surface area contributed by atoms with Crippen molar-refractivity contribution < 1.29 is 0 Å². The average Bonchev–Trinajstić information content (AvgIpc) is 3.36. The molecule has 0 fully saturated rings. The second kappa shape index (κ2) is 8.15. The van der Waals surface area contributed by atoms with Gasteiger partial charge in [0.2, 0.25) is 0 Å². The molecule has 0 radical (unpaired) electrons. The summed E-state index contributed by atoms with van der Waals surface area (Å²) in [5.74, 6) is 0. The minimum absolute atomic E-state index is 1.26. The summed E-state index contributed by atoms with van der Waals surface area (Å²) in [5, 5.41) is 10.4. The molecule has 0 unspecified atom stereocenters. The summed E-state index contributed by atoms with van der Waals surface area (Å²) in [6.07, 6.45) is 0. The lowest BCUT2D eigenvalue weighted by molar-refractivity contribution is 1.65. The Balaban J connectivity index is 1.51. The fraction of sp³-hybridized carbons (Fsp3) is 0. The standard InChI is InChI=1S/C40H24/c1-3-14-28-25(10-1)12-7-18-31(28)37-24-27-13-8-20-34-32-16-5-6-17-36(32)40(38(27)34)39(37)35-21-9-19-30-29-15-4-2-11-26(29)22-23-33(30)35/h1-24H. The maximum Gasteiger partial charge on any atom is -0.000785 e. The van der Waals surface area contributed by atoms with E-state index in [2.05, 4.69) is 146 Å². The lowest BCUT2D eigenvalue weighted by Crippen LogP contribution is -1.93. The predicted octanol–water partition coefficient (Wildman–Crippen LogP) is 11.3.